The van der Waals surface area contributed by atoms with Crippen molar-refractivity contribution in [3.63, 3.8) is 0 Å². The lowest BCUT2D eigenvalue weighted by Gasteiger charge is -2.29. The van der Waals surface area contributed by atoms with Gasteiger partial charge >= 0.3 is 11.8 Å². The maximum Gasteiger partial charge on any atom is 0.311 e. The molecular weight excluding hydrogens is 156 g/mol. The van der Waals surface area contributed by atoms with Crippen LogP contribution in [0.25, 0.3) is 0 Å². The average molecular weight is 170 g/mol. The number of hydrogen-bond donors (Lipinski definition) is 1. The number of primary amides is 1. The van der Waals surface area contributed by atoms with E-state index in [-0.39, 0.29) is 0 Å². The van der Waals surface area contributed by atoms with Gasteiger partial charge in [0.05, 0.1) is 0 Å². The summed E-state index contributed by atoms with van der Waals surface area (Å²) in [7, 11) is 1.62. The maximum absolute atomic E-state index is 11.0. The molecule has 1 fully saturated rings. The van der Waals surface area contributed by atoms with Gasteiger partial charge in [-0.15, -0.1) is 0 Å². The topological polar surface area (TPSA) is 63.4 Å². The first-order chi connectivity index (χ1) is 5.61. The Morgan fingerprint density at radius 3 is 2.42 bits per heavy atom. The second-order valence-corrected chi connectivity index (χ2v) is 3.35. The van der Waals surface area contributed by atoms with Crippen LogP contribution >= 0.6 is 0 Å². The van der Waals surface area contributed by atoms with Crippen LogP contribution in [-0.4, -0.2) is 30.3 Å². The highest BCUT2D eigenvalue weighted by Gasteiger charge is 2.23. The van der Waals surface area contributed by atoms with Gasteiger partial charge in [0.2, 0.25) is 0 Å². The minimum atomic E-state index is -0.864. The van der Waals surface area contributed by atoms with E-state index in [2.05, 4.69) is 0 Å². The molecule has 1 aliphatic carbocycles. The first-order valence-corrected chi connectivity index (χ1v) is 4.16. The molecule has 0 bridgehead atoms. The fourth-order valence-electron chi connectivity index (χ4n) is 1.33. The largest absolute Gasteiger partial charge is 0.361 e. The predicted octanol–water partition coefficient (Wildman–Crippen LogP) is -0.270. The van der Waals surface area contributed by atoms with E-state index in [4.69, 9.17) is 5.73 Å². The highest BCUT2D eigenvalue weighted by atomic mass is 16.2. The van der Waals surface area contributed by atoms with Crippen molar-refractivity contribution in [1.82, 2.24) is 4.90 Å². The van der Waals surface area contributed by atoms with Gasteiger partial charge < -0.3 is 10.6 Å². The normalized spacial score (nSPS) is 16.8. The molecule has 0 radical (unpaired) electrons. The summed E-state index contributed by atoms with van der Waals surface area (Å²) in [6.07, 6.45) is 3.57. The van der Waals surface area contributed by atoms with Crippen molar-refractivity contribution in [2.24, 2.45) is 11.7 Å². The van der Waals surface area contributed by atoms with Gasteiger partial charge in [0.25, 0.3) is 0 Å². The van der Waals surface area contributed by atoms with Crippen LogP contribution in [0.3, 0.4) is 0 Å². The molecule has 2 N–H and O–H groups in total. The average Bonchev–Trinajstić information content (AvgIpc) is 1.94. The summed E-state index contributed by atoms with van der Waals surface area (Å²) in [5.41, 5.74) is 4.84. The van der Waals surface area contributed by atoms with Crippen LogP contribution in [0.2, 0.25) is 0 Å². The Morgan fingerprint density at radius 1 is 1.50 bits per heavy atom. The van der Waals surface area contributed by atoms with Crippen molar-refractivity contribution in [2.75, 3.05) is 13.6 Å². The van der Waals surface area contributed by atoms with Gasteiger partial charge in [0.15, 0.2) is 0 Å². The highest BCUT2D eigenvalue weighted by molar-refractivity contribution is 6.34. The van der Waals surface area contributed by atoms with Crippen LogP contribution in [0.1, 0.15) is 19.3 Å². The van der Waals surface area contributed by atoms with Crippen molar-refractivity contribution in [1.29, 1.82) is 0 Å². The lowest BCUT2D eigenvalue weighted by atomic mass is 9.85. The zero-order chi connectivity index (χ0) is 9.14. The fourth-order valence-corrected chi connectivity index (χ4v) is 1.33. The molecule has 0 saturated heterocycles. The van der Waals surface area contributed by atoms with Crippen molar-refractivity contribution in [3.8, 4) is 0 Å². The predicted molar refractivity (Wildman–Crippen MR) is 44.2 cm³/mol. The van der Waals surface area contributed by atoms with Crippen LogP contribution in [0.4, 0.5) is 0 Å². The quantitative estimate of drug-likeness (QED) is 0.580. The SMILES string of the molecule is CN(CC1CCC1)C(=O)C(N)=O. The summed E-state index contributed by atoms with van der Waals surface area (Å²) in [6.45, 7) is 0.668. The lowest BCUT2D eigenvalue weighted by Crippen LogP contribution is -2.41. The zero-order valence-corrected chi connectivity index (χ0v) is 7.25. The molecule has 0 unspecified atom stereocenters. The van der Waals surface area contributed by atoms with Gasteiger partial charge in [0, 0.05) is 13.6 Å². The third-order valence-corrected chi connectivity index (χ3v) is 2.31. The number of nitrogens with two attached hydrogens (primary N) is 1. The molecule has 2 amide bonds. The maximum atomic E-state index is 11.0. The molecule has 0 atom stereocenters. The summed E-state index contributed by atoms with van der Waals surface area (Å²) in [5.74, 6) is -0.864. The molecule has 0 aromatic carbocycles. The molecule has 0 aliphatic heterocycles. The fraction of sp³-hybridized carbons (Fsp3) is 0.750. The minimum absolute atomic E-state index is 0.582. The summed E-state index contributed by atoms with van der Waals surface area (Å²) in [5, 5.41) is 0. The molecule has 0 heterocycles. The third-order valence-electron chi connectivity index (χ3n) is 2.31. The Kier molecular flexibility index (Phi) is 2.68. The van der Waals surface area contributed by atoms with Crippen LogP contribution in [0.5, 0.6) is 0 Å². The van der Waals surface area contributed by atoms with Crippen LogP contribution in [-0.2, 0) is 9.59 Å². The Labute approximate surface area is 71.7 Å². The lowest BCUT2D eigenvalue weighted by molar-refractivity contribution is -0.143. The Balaban J connectivity index is 2.31. The monoisotopic (exact) mass is 170 g/mol. The molecule has 12 heavy (non-hydrogen) atoms. The van der Waals surface area contributed by atoms with Crippen molar-refractivity contribution in [2.45, 2.75) is 19.3 Å². The van der Waals surface area contributed by atoms with E-state index in [0.29, 0.717) is 12.5 Å². The zero-order valence-electron chi connectivity index (χ0n) is 7.25. The second kappa shape index (κ2) is 3.56. The minimum Gasteiger partial charge on any atom is -0.361 e. The molecular formula is C8H14N2O2. The molecule has 1 aliphatic rings. The second-order valence-electron chi connectivity index (χ2n) is 3.35. The number of hydrogen-bond acceptors (Lipinski definition) is 2. The Bertz CT molecular complexity index is 199. The van der Waals surface area contributed by atoms with Crippen LogP contribution in [0.15, 0.2) is 0 Å². The molecule has 0 aromatic heterocycles. The number of amides is 2. The molecule has 1 rings (SSSR count). The standard InChI is InChI=1S/C8H14N2O2/c1-10(8(12)7(9)11)5-6-3-2-4-6/h6H,2-5H2,1H3,(H2,9,11). The van der Waals surface area contributed by atoms with Crippen molar-refractivity contribution in [3.05, 3.63) is 0 Å². The van der Waals surface area contributed by atoms with E-state index in [9.17, 15) is 9.59 Å². The van der Waals surface area contributed by atoms with Gasteiger partial charge in [-0.1, -0.05) is 6.42 Å². The summed E-state index contributed by atoms with van der Waals surface area (Å²) < 4.78 is 0. The highest BCUT2D eigenvalue weighted by Crippen LogP contribution is 2.26. The van der Waals surface area contributed by atoms with E-state index < -0.39 is 11.8 Å². The first kappa shape index (κ1) is 9.03. The van der Waals surface area contributed by atoms with E-state index in [1.165, 1.54) is 11.3 Å². The number of carbonyl (C=O) groups excluding carboxylic acids is 2. The molecule has 1 saturated carbocycles. The van der Waals surface area contributed by atoms with E-state index in [1.807, 2.05) is 0 Å². The van der Waals surface area contributed by atoms with E-state index in [0.717, 1.165) is 12.8 Å². The molecule has 0 spiro atoms. The van der Waals surface area contributed by atoms with Gasteiger partial charge in [-0.05, 0) is 18.8 Å². The molecule has 68 valence electrons. The first-order valence-electron chi connectivity index (χ1n) is 4.16. The number of carbonyl (C=O) groups is 2. The molecule has 4 heteroatoms. The van der Waals surface area contributed by atoms with Gasteiger partial charge in [-0.3, -0.25) is 9.59 Å². The summed E-state index contributed by atoms with van der Waals surface area (Å²) in [4.78, 5) is 22.8. The third kappa shape index (κ3) is 1.96. The van der Waals surface area contributed by atoms with Crippen LogP contribution < -0.4 is 5.73 Å². The Morgan fingerprint density at radius 2 is 2.08 bits per heavy atom. The summed E-state index contributed by atoms with van der Waals surface area (Å²) >= 11 is 0. The Hall–Kier alpha value is -1.06. The van der Waals surface area contributed by atoms with E-state index in [1.54, 1.807) is 7.05 Å². The summed E-state index contributed by atoms with van der Waals surface area (Å²) in [6, 6.07) is 0. The molecule has 4 nitrogen and oxygen atoms in total. The number of likely N-dealkylation sites (N-methyl/N-ethyl adjacent to an activating group) is 1. The van der Waals surface area contributed by atoms with Crippen molar-refractivity contribution < 1.29 is 9.59 Å². The van der Waals surface area contributed by atoms with Gasteiger partial charge in [-0.2, -0.15) is 0 Å². The van der Waals surface area contributed by atoms with E-state index >= 15 is 0 Å². The number of nitrogens with zero attached hydrogens (tertiary/aromatic N) is 1. The molecule has 0 aromatic rings. The van der Waals surface area contributed by atoms with Gasteiger partial charge in [-0.25, -0.2) is 0 Å². The van der Waals surface area contributed by atoms with Crippen LogP contribution in [0, 0.1) is 5.92 Å². The smallest absolute Gasteiger partial charge is 0.311 e. The number of rotatable bonds is 2. The van der Waals surface area contributed by atoms with Gasteiger partial charge in [0.1, 0.15) is 0 Å². The van der Waals surface area contributed by atoms with Crippen molar-refractivity contribution >= 4 is 11.8 Å².